The van der Waals surface area contributed by atoms with Gasteiger partial charge in [-0.15, -0.1) is 0 Å². The van der Waals surface area contributed by atoms with Gasteiger partial charge >= 0.3 is 0 Å². The first-order valence-electron chi connectivity index (χ1n) is 5.57. The van der Waals surface area contributed by atoms with Crippen LogP contribution in [-0.2, 0) is 11.0 Å². The molecule has 1 unspecified atom stereocenters. The van der Waals surface area contributed by atoms with E-state index in [9.17, 15) is 8.60 Å². The van der Waals surface area contributed by atoms with Gasteiger partial charge in [0.15, 0.2) is 5.82 Å². The van der Waals surface area contributed by atoms with Gasteiger partial charge in [-0.05, 0) is 42.8 Å². The van der Waals surface area contributed by atoms with E-state index in [0.717, 1.165) is 0 Å². The van der Waals surface area contributed by atoms with E-state index in [1.165, 1.54) is 12.5 Å². The lowest BCUT2D eigenvalue weighted by molar-refractivity contribution is 0.626. The molecule has 2 rings (SSSR count). The first kappa shape index (κ1) is 14.3. The molecule has 4 nitrogen and oxygen atoms in total. The van der Waals surface area contributed by atoms with Crippen molar-refractivity contribution in [1.82, 2.24) is 9.38 Å². The number of pyridine rings is 1. The molecule has 0 saturated heterocycles. The summed E-state index contributed by atoms with van der Waals surface area (Å²) in [6.45, 7) is 5.47. The zero-order valence-electron chi connectivity index (χ0n) is 10.7. The standard InChI is InChI=1S/C12H13BrFN3OS/c1-12(2,3)19(18)16-6-9-11-10(14)8(13)4-5-17(11)7-15-9/h4-7H,1-3H3/b16-6-. The van der Waals surface area contributed by atoms with E-state index in [-0.39, 0.29) is 0 Å². The molecule has 2 aromatic heterocycles. The summed E-state index contributed by atoms with van der Waals surface area (Å²) in [4.78, 5) is 4.07. The number of halogens is 2. The Morgan fingerprint density at radius 2 is 2.21 bits per heavy atom. The summed E-state index contributed by atoms with van der Waals surface area (Å²) in [6, 6.07) is 1.60. The van der Waals surface area contributed by atoms with Crippen LogP contribution in [0.2, 0.25) is 0 Å². The van der Waals surface area contributed by atoms with Gasteiger partial charge in [0.05, 0.1) is 15.4 Å². The molecule has 102 valence electrons. The van der Waals surface area contributed by atoms with E-state index in [1.807, 2.05) is 20.8 Å². The third kappa shape index (κ3) is 2.92. The Morgan fingerprint density at radius 1 is 1.53 bits per heavy atom. The fourth-order valence-corrected chi connectivity index (χ4v) is 2.21. The molecule has 0 bridgehead atoms. The Labute approximate surface area is 121 Å². The van der Waals surface area contributed by atoms with Gasteiger partial charge in [0.25, 0.3) is 0 Å². The molecule has 7 heteroatoms. The first-order valence-corrected chi connectivity index (χ1v) is 7.47. The highest BCUT2D eigenvalue weighted by Gasteiger charge is 2.19. The Morgan fingerprint density at radius 3 is 2.84 bits per heavy atom. The van der Waals surface area contributed by atoms with Gasteiger partial charge in [0, 0.05) is 6.20 Å². The normalized spacial score (nSPS) is 14.4. The lowest BCUT2D eigenvalue weighted by atomic mass is 10.3. The van der Waals surface area contributed by atoms with Gasteiger partial charge < -0.3 is 4.40 Å². The number of rotatable bonds is 2. The number of imidazole rings is 1. The van der Waals surface area contributed by atoms with E-state index in [2.05, 4.69) is 25.3 Å². The number of hydrogen-bond acceptors (Lipinski definition) is 2. The maximum atomic E-state index is 14.0. The Bertz CT molecular complexity index is 675. The van der Waals surface area contributed by atoms with Crippen LogP contribution in [0.3, 0.4) is 0 Å². The minimum atomic E-state index is -1.39. The lowest BCUT2D eigenvalue weighted by Gasteiger charge is -2.12. The summed E-state index contributed by atoms with van der Waals surface area (Å²) in [5.41, 5.74) is 0.667. The van der Waals surface area contributed by atoms with Crippen molar-refractivity contribution in [3.05, 3.63) is 34.6 Å². The molecule has 19 heavy (non-hydrogen) atoms. The number of aromatic nitrogens is 2. The van der Waals surface area contributed by atoms with Crippen LogP contribution in [0.25, 0.3) is 5.52 Å². The molecule has 0 amide bonds. The van der Waals surface area contributed by atoms with Gasteiger partial charge in [-0.25, -0.2) is 13.6 Å². The monoisotopic (exact) mass is 345 g/mol. The maximum absolute atomic E-state index is 14.0. The van der Waals surface area contributed by atoms with Crippen molar-refractivity contribution < 1.29 is 8.60 Å². The maximum Gasteiger partial charge on any atom is 0.163 e. The van der Waals surface area contributed by atoms with Crippen LogP contribution >= 0.6 is 15.9 Å². The molecule has 0 radical (unpaired) electrons. The third-order valence-corrected chi connectivity index (χ3v) is 4.37. The number of nitrogens with zero attached hydrogens (tertiary/aromatic N) is 3. The average molecular weight is 346 g/mol. The lowest BCUT2D eigenvalue weighted by Crippen LogP contribution is -2.19. The zero-order valence-corrected chi connectivity index (χ0v) is 13.1. The summed E-state index contributed by atoms with van der Waals surface area (Å²) in [6.07, 6.45) is 4.53. The number of fused-ring (bicyclic) bond motifs is 1. The van der Waals surface area contributed by atoms with Gasteiger partial charge in [-0.3, -0.25) is 0 Å². The molecule has 0 N–H and O–H groups in total. The molecule has 0 aliphatic rings. The fourth-order valence-electron chi connectivity index (χ4n) is 1.40. The van der Waals surface area contributed by atoms with E-state index >= 15 is 0 Å². The summed E-state index contributed by atoms with van der Waals surface area (Å²) < 4.78 is 31.2. The second-order valence-corrected chi connectivity index (χ2v) is 7.75. The fraction of sp³-hybridized carbons (Fsp3) is 0.333. The second kappa shape index (κ2) is 5.13. The molecule has 0 aliphatic heterocycles. The molecular weight excluding hydrogens is 333 g/mol. The van der Waals surface area contributed by atoms with Crippen molar-refractivity contribution in [1.29, 1.82) is 0 Å². The van der Waals surface area contributed by atoms with E-state index in [0.29, 0.717) is 15.7 Å². The van der Waals surface area contributed by atoms with E-state index in [4.69, 9.17) is 0 Å². The molecule has 1 atom stereocenters. The largest absolute Gasteiger partial charge is 0.303 e. The van der Waals surface area contributed by atoms with Crippen LogP contribution in [0.4, 0.5) is 4.39 Å². The zero-order chi connectivity index (χ0) is 14.2. The van der Waals surface area contributed by atoms with Crippen LogP contribution in [-0.4, -0.2) is 24.6 Å². The van der Waals surface area contributed by atoms with Gasteiger partial charge in [0.1, 0.15) is 28.5 Å². The average Bonchev–Trinajstić information content (AvgIpc) is 2.73. The van der Waals surface area contributed by atoms with E-state index < -0.39 is 21.5 Å². The van der Waals surface area contributed by atoms with Gasteiger partial charge in [0.2, 0.25) is 0 Å². The Kier molecular flexibility index (Phi) is 3.87. The minimum Gasteiger partial charge on any atom is -0.303 e. The summed E-state index contributed by atoms with van der Waals surface area (Å²) in [5, 5.41) is 0. The van der Waals surface area contributed by atoms with Crippen molar-refractivity contribution in [3.63, 3.8) is 0 Å². The first-order chi connectivity index (χ1) is 8.80. The minimum absolute atomic E-state index is 0.309. The SMILES string of the molecule is CC(C)(C)S(=O)/N=C\c1ncn2ccc(Br)c(F)c12. The summed E-state index contributed by atoms with van der Waals surface area (Å²) >= 11 is 3.13. The molecule has 0 fully saturated rings. The second-order valence-electron chi connectivity index (χ2n) is 4.96. The van der Waals surface area contributed by atoms with Gasteiger partial charge in [-0.2, -0.15) is 4.40 Å². The molecule has 0 aliphatic carbocycles. The van der Waals surface area contributed by atoms with Crippen molar-refractivity contribution in [3.8, 4) is 0 Å². The molecular formula is C12H13BrFN3OS. The third-order valence-electron chi connectivity index (χ3n) is 2.42. The molecule has 0 saturated carbocycles. The van der Waals surface area contributed by atoms with Crippen LogP contribution in [0, 0.1) is 5.82 Å². The summed E-state index contributed by atoms with van der Waals surface area (Å²) in [5.74, 6) is -0.414. The molecule has 0 aromatic carbocycles. The highest BCUT2D eigenvalue weighted by Crippen LogP contribution is 2.21. The molecule has 2 aromatic rings. The topological polar surface area (TPSA) is 46.7 Å². The highest BCUT2D eigenvalue weighted by molar-refractivity contribution is 9.10. The quantitative estimate of drug-likeness (QED) is 0.785. The van der Waals surface area contributed by atoms with E-state index in [1.54, 1.807) is 16.7 Å². The van der Waals surface area contributed by atoms with Crippen LogP contribution in [0.15, 0.2) is 27.5 Å². The molecule has 0 spiro atoms. The van der Waals surface area contributed by atoms with Crippen molar-refractivity contribution in [2.45, 2.75) is 25.5 Å². The van der Waals surface area contributed by atoms with Crippen LogP contribution in [0.1, 0.15) is 26.5 Å². The van der Waals surface area contributed by atoms with Crippen molar-refractivity contribution in [2.75, 3.05) is 0 Å². The number of hydrogen-bond donors (Lipinski definition) is 0. The Hall–Kier alpha value is -1.08. The predicted octanol–water partition coefficient (Wildman–Crippen LogP) is 3.12. The van der Waals surface area contributed by atoms with Gasteiger partial charge in [-0.1, -0.05) is 0 Å². The predicted molar refractivity (Wildman–Crippen MR) is 78.3 cm³/mol. The Balaban J connectivity index is 2.45. The van der Waals surface area contributed by atoms with Crippen LogP contribution < -0.4 is 0 Å². The summed E-state index contributed by atoms with van der Waals surface area (Å²) in [7, 11) is -1.39. The smallest absolute Gasteiger partial charge is 0.163 e. The van der Waals surface area contributed by atoms with Crippen LogP contribution in [0.5, 0.6) is 0 Å². The molecule has 2 heterocycles. The van der Waals surface area contributed by atoms with Crippen molar-refractivity contribution >= 4 is 38.6 Å². The van der Waals surface area contributed by atoms with Crippen molar-refractivity contribution in [2.24, 2.45) is 4.40 Å². The highest BCUT2D eigenvalue weighted by atomic mass is 79.9.